The summed E-state index contributed by atoms with van der Waals surface area (Å²) in [6.07, 6.45) is 0.641. The summed E-state index contributed by atoms with van der Waals surface area (Å²) in [7, 11) is 3.82. The predicted octanol–water partition coefficient (Wildman–Crippen LogP) is 1.48. The van der Waals surface area contributed by atoms with Gasteiger partial charge in [0.25, 0.3) is 0 Å². The molecule has 5 heteroatoms. The Kier molecular flexibility index (Phi) is 7.65. The lowest BCUT2D eigenvalue weighted by molar-refractivity contribution is 0.357. The van der Waals surface area contributed by atoms with Crippen LogP contribution in [0, 0.1) is 5.82 Å². The summed E-state index contributed by atoms with van der Waals surface area (Å²) < 4.78 is 13.4. The average molecular weight is 280 g/mol. The van der Waals surface area contributed by atoms with E-state index in [4.69, 9.17) is 0 Å². The van der Waals surface area contributed by atoms with E-state index in [1.54, 1.807) is 13.1 Å². The molecule has 0 saturated carbocycles. The van der Waals surface area contributed by atoms with Gasteiger partial charge in [-0.3, -0.25) is 4.99 Å². The standard InChI is InChI=1S/C15H25FN4/c1-4-20(3)12-11-19-15(17-2)18-10-9-13-7-5-6-8-14(13)16/h5-8H,4,9-12H2,1-3H3,(H2,17,18,19). The number of rotatable bonds is 7. The van der Waals surface area contributed by atoms with Crippen LogP contribution in [0.2, 0.25) is 0 Å². The maximum absolute atomic E-state index is 13.4. The molecular weight excluding hydrogens is 255 g/mol. The van der Waals surface area contributed by atoms with E-state index in [9.17, 15) is 4.39 Å². The molecule has 0 aliphatic rings. The molecule has 0 fully saturated rings. The Labute approximate surface area is 121 Å². The number of hydrogen-bond donors (Lipinski definition) is 2. The van der Waals surface area contributed by atoms with Crippen LogP contribution in [0.4, 0.5) is 4.39 Å². The zero-order chi connectivity index (χ0) is 14.8. The maximum Gasteiger partial charge on any atom is 0.191 e. The third kappa shape index (κ3) is 6.02. The molecule has 0 aliphatic carbocycles. The Morgan fingerprint density at radius 3 is 2.60 bits per heavy atom. The second-order valence-corrected chi connectivity index (χ2v) is 4.66. The number of likely N-dealkylation sites (N-methyl/N-ethyl adjacent to an activating group) is 1. The van der Waals surface area contributed by atoms with Crippen molar-refractivity contribution < 1.29 is 4.39 Å². The summed E-state index contributed by atoms with van der Waals surface area (Å²) in [6.45, 7) is 5.61. The predicted molar refractivity (Wildman–Crippen MR) is 82.6 cm³/mol. The molecule has 0 unspecified atom stereocenters. The van der Waals surface area contributed by atoms with Gasteiger partial charge in [-0.2, -0.15) is 0 Å². The molecule has 0 radical (unpaired) electrons. The van der Waals surface area contributed by atoms with E-state index in [-0.39, 0.29) is 5.82 Å². The van der Waals surface area contributed by atoms with Crippen molar-refractivity contribution in [2.75, 3.05) is 40.3 Å². The minimum atomic E-state index is -0.151. The van der Waals surface area contributed by atoms with Gasteiger partial charge < -0.3 is 15.5 Å². The second-order valence-electron chi connectivity index (χ2n) is 4.66. The van der Waals surface area contributed by atoms with E-state index in [1.165, 1.54) is 6.07 Å². The quantitative estimate of drug-likeness (QED) is 0.587. The third-order valence-electron chi connectivity index (χ3n) is 3.19. The fraction of sp³-hybridized carbons (Fsp3) is 0.533. The Morgan fingerprint density at radius 1 is 1.25 bits per heavy atom. The number of halogens is 1. The van der Waals surface area contributed by atoms with Crippen molar-refractivity contribution in [3.05, 3.63) is 35.6 Å². The van der Waals surface area contributed by atoms with Crippen LogP contribution in [0.15, 0.2) is 29.3 Å². The van der Waals surface area contributed by atoms with Gasteiger partial charge in [-0.05, 0) is 31.6 Å². The first-order valence-electron chi connectivity index (χ1n) is 7.03. The normalized spacial score (nSPS) is 11.8. The van der Waals surface area contributed by atoms with Crippen LogP contribution in [-0.2, 0) is 6.42 Å². The van der Waals surface area contributed by atoms with Gasteiger partial charge in [-0.15, -0.1) is 0 Å². The number of benzene rings is 1. The molecule has 2 N–H and O–H groups in total. The van der Waals surface area contributed by atoms with Gasteiger partial charge in [0.05, 0.1) is 0 Å². The largest absolute Gasteiger partial charge is 0.356 e. The van der Waals surface area contributed by atoms with E-state index in [2.05, 4.69) is 34.5 Å². The molecule has 0 saturated heterocycles. The third-order valence-corrected chi connectivity index (χ3v) is 3.19. The van der Waals surface area contributed by atoms with Gasteiger partial charge in [-0.1, -0.05) is 25.1 Å². The Balaban J connectivity index is 2.27. The van der Waals surface area contributed by atoms with E-state index < -0.39 is 0 Å². The molecule has 0 bridgehead atoms. The van der Waals surface area contributed by atoms with Crippen molar-refractivity contribution in [3.8, 4) is 0 Å². The van der Waals surface area contributed by atoms with E-state index in [0.29, 0.717) is 13.0 Å². The highest BCUT2D eigenvalue weighted by atomic mass is 19.1. The van der Waals surface area contributed by atoms with Gasteiger partial charge in [0.2, 0.25) is 0 Å². The first-order chi connectivity index (χ1) is 9.67. The number of nitrogens with zero attached hydrogens (tertiary/aromatic N) is 2. The van der Waals surface area contributed by atoms with E-state index in [1.807, 2.05) is 12.1 Å². The number of aliphatic imine (C=N–C) groups is 1. The fourth-order valence-electron chi connectivity index (χ4n) is 1.76. The highest BCUT2D eigenvalue weighted by molar-refractivity contribution is 5.79. The zero-order valence-electron chi connectivity index (χ0n) is 12.6. The van der Waals surface area contributed by atoms with Crippen molar-refractivity contribution >= 4 is 5.96 Å². The molecule has 112 valence electrons. The average Bonchev–Trinajstić information content (AvgIpc) is 2.47. The van der Waals surface area contributed by atoms with E-state index in [0.717, 1.165) is 31.2 Å². The van der Waals surface area contributed by atoms with Gasteiger partial charge in [-0.25, -0.2) is 4.39 Å². The molecule has 1 aromatic carbocycles. The Bertz CT molecular complexity index is 420. The molecule has 0 atom stereocenters. The van der Waals surface area contributed by atoms with Gasteiger partial charge in [0.1, 0.15) is 5.82 Å². The van der Waals surface area contributed by atoms with Crippen LogP contribution < -0.4 is 10.6 Å². The molecule has 20 heavy (non-hydrogen) atoms. The lowest BCUT2D eigenvalue weighted by atomic mass is 10.1. The topological polar surface area (TPSA) is 39.7 Å². The summed E-state index contributed by atoms with van der Waals surface area (Å²) in [4.78, 5) is 6.37. The highest BCUT2D eigenvalue weighted by Gasteiger charge is 2.02. The molecule has 0 aliphatic heterocycles. The van der Waals surface area contributed by atoms with Crippen LogP contribution in [0.5, 0.6) is 0 Å². The van der Waals surface area contributed by atoms with Crippen molar-refractivity contribution in [3.63, 3.8) is 0 Å². The molecule has 0 spiro atoms. The fourth-order valence-corrected chi connectivity index (χ4v) is 1.76. The number of guanidine groups is 1. The monoisotopic (exact) mass is 280 g/mol. The zero-order valence-corrected chi connectivity index (χ0v) is 12.6. The van der Waals surface area contributed by atoms with Crippen molar-refractivity contribution in [2.45, 2.75) is 13.3 Å². The minimum absolute atomic E-state index is 0.151. The van der Waals surface area contributed by atoms with Crippen LogP contribution in [0.1, 0.15) is 12.5 Å². The van der Waals surface area contributed by atoms with Crippen molar-refractivity contribution in [2.24, 2.45) is 4.99 Å². The first kappa shape index (κ1) is 16.4. The van der Waals surface area contributed by atoms with Crippen LogP contribution in [0.3, 0.4) is 0 Å². The lowest BCUT2D eigenvalue weighted by Gasteiger charge is -2.16. The highest BCUT2D eigenvalue weighted by Crippen LogP contribution is 2.05. The van der Waals surface area contributed by atoms with Crippen LogP contribution >= 0.6 is 0 Å². The second kappa shape index (κ2) is 9.31. The number of hydrogen-bond acceptors (Lipinski definition) is 2. The molecule has 0 aromatic heterocycles. The summed E-state index contributed by atoms with van der Waals surface area (Å²) in [6, 6.07) is 6.86. The molecular formula is C15H25FN4. The Hall–Kier alpha value is -1.62. The molecule has 1 aromatic rings. The maximum atomic E-state index is 13.4. The Morgan fingerprint density at radius 2 is 1.95 bits per heavy atom. The summed E-state index contributed by atoms with van der Waals surface area (Å²) in [5.41, 5.74) is 0.723. The molecule has 0 heterocycles. The minimum Gasteiger partial charge on any atom is -0.356 e. The van der Waals surface area contributed by atoms with E-state index >= 15 is 0 Å². The molecule has 1 rings (SSSR count). The SMILES string of the molecule is CCN(C)CCNC(=NC)NCCc1ccccc1F. The lowest BCUT2D eigenvalue weighted by Crippen LogP contribution is -2.41. The van der Waals surface area contributed by atoms with Gasteiger partial charge >= 0.3 is 0 Å². The molecule has 0 amide bonds. The summed E-state index contributed by atoms with van der Waals surface area (Å²) in [5, 5.41) is 6.43. The van der Waals surface area contributed by atoms with Crippen LogP contribution in [-0.4, -0.2) is 51.1 Å². The summed E-state index contributed by atoms with van der Waals surface area (Å²) >= 11 is 0. The number of nitrogens with one attached hydrogen (secondary N) is 2. The summed E-state index contributed by atoms with van der Waals surface area (Å²) in [5.74, 6) is 0.604. The van der Waals surface area contributed by atoms with Crippen molar-refractivity contribution in [1.29, 1.82) is 0 Å². The first-order valence-corrected chi connectivity index (χ1v) is 7.03. The smallest absolute Gasteiger partial charge is 0.191 e. The van der Waals surface area contributed by atoms with Gasteiger partial charge in [0.15, 0.2) is 5.96 Å². The van der Waals surface area contributed by atoms with Crippen molar-refractivity contribution in [1.82, 2.24) is 15.5 Å². The molecule has 4 nitrogen and oxygen atoms in total. The van der Waals surface area contributed by atoms with Crippen LogP contribution in [0.25, 0.3) is 0 Å². The van der Waals surface area contributed by atoms with Gasteiger partial charge in [0, 0.05) is 26.7 Å².